The number of urea groups is 1. The number of anilines is 2. The van der Waals surface area contributed by atoms with Crippen LogP contribution < -0.4 is 15.1 Å². The second-order valence-corrected chi connectivity index (χ2v) is 7.69. The van der Waals surface area contributed by atoms with Crippen LogP contribution in [0.15, 0.2) is 47.3 Å². The average Bonchev–Trinajstić information content (AvgIpc) is 3.56. The Morgan fingerprint density at radius 1 is 1.09 bits per heavy atom. The highest BCUT2D eigenvalue weighted by molar-refractivity contribution is 5.93. The number of hydrogen-bond donors (Lipinski definition) is 1. The third-order valence-corrected chi connectivity index (χ3v) is 5.63. The van der Waals surface area contributed by atoms with Gasteiger partial charge in [-0.25, -0.2) is 23.4 Å². The van der Waals surface area contributed by atoms with Gasteiger partial charge in [-0.2, -0.15) is 0 Å². The van der Waals surface area contributed by atoms with E-state index in [4.69, 9.17) is 9.26 Å². The van der Waals surface area contributed by atoms with E-state index in [0.717, 1.165) is 10.6 Å². The molecule has 2 aliphatic heterocycles. The standard InChI is InChI=1S/C22H19F2N5O4/c23-19-16(13-1-6-18(26-11-13)28-9-8-25-21(28)30)4-5-17(20(19)24)29-12-15(33-22(29)31)3-2-14-7-10-32-27-14/h1,4-7,10-11,15H,2-3,8-9,12H2,(H,25,30)/t15-/m0/s1. The van der Waals surface area contributed by atoms with Crippen molar-refractivity contribution in [1.29, 1.82) is 0 Å². The Hall–Kier alpha value is -4.02. The number of nitrogens with zero attached hydrogens (tertiary/aromatic N) is 4. The maximum absolute atomic E-state index is 15.0. The highest BCUT2D eigenvalue weighted by Gasteiger charge is 2.35. The molecule has 1 atom stereocenters. The third kappa shape index (κ3) is 3.97. The van der Waals surface area contributed by atoms with Gasteiger partial charge in [0.2, 0.25) is 0 Å². The fraction of sp³-hybridized carbons (Fsp3) is 0.273. The zero-order valence-corrected chi connectivity index (χ0v) is 17.3. The molecule has 0 aliphatic carbocycles. The molecule has 3 aromatic rings. The summed E-state index contributed by atoms with van der Waals surface area (Å²) in [5.41, 5.74) is 0.867. The molecule has 4 heterocycles. The Kier molecular flexibility index (Phi) is 5.37. The zero-order chi connectivity index (χ0) is 22.9. The van der Waals surface area contributed by atoms with E-state index in [9.17, 15) is 18.4 Å². The van der Waals surface area contributed by atoms with Crippen LogP contribution in [0.25, 0.3) is 11.1 Å². The van der Waals surface area contributed by atoms with Crippen LogP contribution in [0.5, 0.6) is 0 Å². The Morgan fingerprint density at radius 3 is 2.67 bits per heavy atom. The van der Waals surface area contributed by atoms with Gasteiger partial charge in [-0.15, -0.1) is 0 Å². The lowest BCUT2D eigenvalue weighted by molar-refractivity contribution is 0.136. The van der Waals surface area contributed by atoms with Crippen molar-refractivity contribution in [3.8, 4) is 11.1 Å². The zero-order valence-electron chi connectivity index (χ0n) is 17.3. The molecule has 2 fully saturated rings. The van der Waals surface area contributed by atoms with Gasteiger partial charge in [-0.3, -0.25) is 9.80 Å². The highest BCUT2D eigenvalue weighted by atomic mass is 19.2. The predicted octanol–water partition coefficient (Wildman–Crippen LogP) is 3.50. The molecule has 9 nitrogen and oxygen atoms in total. The third-order valence-electron chi connectivity index (χ3n) is 5.63. The molecule has 33 heavy (non-hydrogen) atoms. The molecule has 3 amide bonds. The molecular formula is C22H19F2N5O4. The summed E-state index contributed by atoms with van der Waals surface area (Å²) in [5.74, 6) is -1.83. The van der Waals surface area contributed by atoms with Gasteiger partial charge in [0.1, 0.15) is 18.2 Å². The Bertz CT molecular complexity index is 1190. The second-order valence-electron chi connectivity index (χ2n) is 7.69. The molecule has 170 valence electrons. The van der Waals surface area contributed by atoms with E-state index < -0.39 is 23.8 Å². The number of amides is 3. The van der Waals surface area contributed by atoms with Crippen LogP contribution in [-0.4, -0.2) is 48.0 Å². The maximum Gasteiger partial charge on any atom is 0.414 e. The minimum absolute atomic E-state index is 0.00341. The number of aryl methyl sites for hydroxylation is 1. The molecular weight excluding hydrogens is 436 g/mol. The van der Waals surface area contributed by atoms with Crippen molar-refractivity contribution in [2.75, 3.05) is 29.4 Å². The number of nitrogens with one attached hydrogen (secondary N) is 1. The normalized spacial score (nSPS) is 18.1. The van der Waals surface area contributed by atoms with Crippen LogP contribution in [-0.2, 0) is 11.2 Å². The van der Waals surface area contributed by atoms with E-state index in [2.05, 4.69) is 15.5 Å². The number of halogens is 2. The number of benzene rings is 1. The first-order valence-electron chi connectivity index (χ1n) is 10.4. The molecule has 0 radical (unpaired) electrons. The number of hydrogen-bond acceptors (Lipinski definition) is 6. The van der Waals surface area contributed by atoms with Crippen LogP contribution in [0.2, 0.25) is 0 Å². The van der Waals surface area contributed by atoms with Gasteiger partial charge in [-0.05, 0) is 37.1 Å². The number of cyclic esters (lactones) is 1. The van der Waals surface area contributed by atoms with Crippen molar-refractivity contribution in [2.45, 2.75) is 18.9 Å². The van der Waals surface area contributed by atoms with Gasteiger partial charge in [0, 0.05) is 36.5 Å². The molecule has 1 aromatic carbocycles. The molecule has 0 spiro atoms. The van der Waals surface area contributed by atoms with Crippen LogP contribution in [0.3, 0.4) is 0 Å². The van der Waals surface area contributed by atoms with Gasteiger partial charge < -0.3 is 14.6 Å². The van der Waals surface area contributed by atoms with Crippen molar-refractivity contribution >= 4 is 23.6 Å². The van der Waals surface area contributed by atoms with E-state index in [0.29, 0.717) is 37.3 Å². The fourth-order valence-electron chi connectivity index (χ4n) is 3.91. The van der Waals surface area contributed by atoms with Crippen molar-refractivity contribution in [2.24, 2.45) is 0 Å². The molecule has 2 saturated heterocycles. The summed E-state index contributed by atoms with van der Waals surface area (Å²) in [6.07, 6.45) is 2.62. The molecule has 2 aromatic heterocycles. The topological polar surface area (TPSA) is 101 Å². The summed E-state index contributed by atoms with van der Waals surface area (Å²) in [7, 11) is 0. The summed E-state index contributed by atoms with van der Waals surface area (Å²) in [6.45, 7) is 1.10. The van der Waals surface area contributed by atoms with Crippen LogP contribution in [0, 0.1) is 11.6 Å². The molecule has 5 rings (SSSR count). The van der Waals surface area contributed by atoms with Gasteiger partial charge in [0.15, 0.2) is 11.6 Å². The van der Waals surface area contributed by atoms with E-state index >= 15 is 0 Å². The van der Waals surface area contributed by atoms with Gasteiger partial charge >= 0.3 is 12.1 Å². The molecule has 0 bridgehead atoms. The first kappa shape index (κ1) is 20.9. The highest BCUT2D eigenvalue weighted by Crippen LogP contribution is 2.33. The minimum atomic E-state index is -1.15. The number of ether oxygens (including phenoxy) is 1. The van der Waals surface area contributed by atoms with E-state index in [1.165, 1.54) is 29.5 Å². The lowest BCUT2D eigenvalue weighted by atomic mass is 10.1. The number of carbonyl (C=O) groups is 2. The van der Waals surface area contributed by atoms with Gasteiger partial charge in [0.25, 0.3) is 0 Å². The second kappa shape index (κ2) is 8.49. The fourth-order valence-corrected chi connectivity index (χ4v) is 3.91. The number of pyridine rings is 1. The van der Waals surface area contributed by atoms with Gasteiger partial charge in [0.05, 0.1) is 17.9 Å². The SMILES string of the molecule is O=C1NCCN1c1ccc(-c2ccc(N3C[C@H](CCc4ccon4)OC3=O)c(F)c2F)cn1. The maximum atomic E-state index is 15.0. The Balaban J connectivity index is 1.32. The van der Waals surface area contributed by atoms with Crippen LogP contribution in [0.1, 0.15) is 12.1 Å². The number of carbonyl (C=O) groups excluding carboxylic acids is 2. The lowest BCUT2D eigenvalue weighted by Crippen LogP contribution is -2.28. The lowest BCUT2D eigenvalue weighted by Gasteiger charge is -2.16. The summed E-state index contributed by atoms with van der Waals surface area (Å²) in [5, 5.41) is 6.48. The number of rotatable bonds is 6. The Morgan fingerprint density at radius 2 is 1.97 bits per heavy atom. The van der Waals surface area contributed by atoms with Crippen molar-refractivity contribution in [3.63, 3.8) is 0 Å². The molecule has 1 N–H and O–H groups in total. The summed E-state index contributed by atoms with van der Waals surface area (Å²) < 4.78 is 40.0. The van der Waals surface area contributed by atoms with Crippen LogP contribution >= 0.6 is 0 Å². The van der Waals surface area contributed by atoms with Gasteiger partial charge in [-0.1, -0.05) is 5.16 Å². The van der Waals surface area contributed by atoms with E-state index in [1.54, 1.807) is 18.2 Å². The molecule has 2 aliphatic rings. The smallest absolute Gasteiger partial charge is 0.414 e. The average molecular weight is 455 g/mol. The van der Waals surface area contributed by atoms with Crippen LogP contribution in [0.4, 0.5) is 29.9 Å². The Labute approximate surface area is 186 Å². The largest absolute Gasteiger partial charge is 0.444 e. The predicted molar refractivity (Wildman–Crippen MR) is 113 cm³/mol. The number of aromatic nitrogens is 2. The summed E-state index contributed by atoms with van der Waals surface area (Å²) >= 11 is 0. The minimum Gasteiger partial charge on any atom is -0.444 e. The van der Waals surface area contributed by atoms with Crippen molar-refractivity contribution in [3.05, 3.63) is 60.1 Å². The van der Waals surface area contributed by atoms with E-state index in [1.807, 2.05) is 0 Å². The molecule has 0 saturated carbocycles. The monoisotopic (exact) mass is 455 g/mol. The van der Waals surface area contributed by atoms with Crippen molar-refractivity contribution in [1.82, 2.24) is 15.5 Å². The summed E-state index contributed by atoms with van der Waals surface area (Å²) in [6, 6.07) is 7.33. The molecule has 0 unspecified atom stereocenters. The van der Waals surface area contributed by atoms with Crippen molar-refractivity contribution < 1.29 is 27.6 Å². The molecule has 11 heteroatoms. The first-order chi connectivity index (χ1) is 16.0. The summed E-state index contributed by atoms with van der Waals surface area (Å²) in [4.78, 5) is 30.8. The van der Waals surface area contributed by atoms with E-state index in [-0.39, 0.29) is 23.8 Å². The first-order valence-corrected chi connectivity index (χ1v) is 10.4. The quantitative estimate of drug-likeness (QED) is 0.611.